The van der Waals surface area contributed by atoms with Gasteiger partial charge in [0, 0.05) is 12.5 Å². The van der Waals surface area contributed by atoms with Crippen molar-refractivity contribution in [3.05, 3.63) is 101 Å². The molecule has 4 aliphatic carbocycles. The van der Waals surface area contributed by atoms with Crippen LogP contribution in [0.5, 0.6) is 0 Å². The summed E-state index contributed by atoms with van der Waals surface area (Å²) in [6.45, 7) is 8.95. The molecule has 6 atom stereocenters. The zero-order valence-corrected chi connectivity index (χ0v) is 24.9. The van der Waals surface area contributed by atoms with Gasteiger partial charge < -0.3 is 4.74 Å². The van der Waals surface area contributed by atoms with Gasteiger partial charge in [0.05, 0.1) is 0 Å². The van der Waals surface area contributed by atoms with Gasteiger partial charge in [-0.05, 0) is 115 Å². The Bertz CT molecular complexity index is 1290. The van der Waals surface area contributed by atoms with Crippen molar-refractivity contribution < 1.29 is 9.53 Å². The predicted molar refractivity (Wildman–Crippen MR) is 164 cm³/mol. The third-order valence-electron chi connectivity index (χ3n) is 11.6. The Morgan fingerprint density at radius 2 is 1.50 bits per heavy atom. The molecule has 0 aromatic heterocycles. The van der Waals surface area contributed by atoms with E-state index in [1.165, 1.54) is 75.9 Å². The minimum atomic E-state index is -0.286. The van der Waals surface area contributed by atoms with Crippen LogP contribution < -0.4 is 0 Å². The zero-order valence-electron chi connectivity index (χ0n) is 24.9. The molecule has 0 radical (unpaired) electrons. The number of allylic oxidation sites excluding steroid dienone is 4. The summed E-state index contributed by atoms with van der Waals surface area (Å²) in [4.78, 5) is 12.4. The topological polar surface area (TPSA) is 26.3 Å². The molecule has 3 saturated carbocycles. The van der Waals surface area contributed by atoms with E-state index in [0.29, 0.717) is 11.2 Å². The Labute approximate surface area is 241 Å². The Morgan fingerprint density at radius 1 is 0.825 bits per heavy atom. The third-order valence-corrected chi connectivity index (χ3v) is 11.6. The number of esters is 1. The summed E-state index contributed by atoms with van der Waals surface area (Å²) in [5.74, 6) is 3.76. The van der Waals surface area contributed by atoms with Crippen LogP contribution in [0.25, 0.3) is 5.57 Å². The van der Waals surface area contributed by atoms with Crippen LogP contribution >= 0.6 is 0 Å². The summed E-state index contributed by atoms with van der Waals surface area (Å²) in [6, 6.07) is 20.7. The van der Waals surface area contributed by atoms with E-state index >= 15 is 0 Å². The maximum Gasteiger partial charge on any atom is 0.308 e. The molecule has 0 saturated heterocycles. The predicted octanol–water partition coefficient (Wildman–Crippen LogP) is 9.92. The molecule has 210 valence electrons. The van der Waals surface area contributed by atoms with Crippen molar-refractivity contribution in [1.29, 1.82) is 0 Å². The Kier molecular flexibility index (Phi) is 7.40. The standard InChI is InChI=1S/C38H46O2/c1-26(25-35(40-27(2)39)36(28-13-7-5-8-14-28)29-15-9-6-10-16-29)32-20-21-33-31-19-18-30-17-11-12-23-37(30,3)34(31)22-24-38(32,33)4/h5-10,13-16,20,25,30-31,33-34H,11-12,17-19,21-24H2,1-4H3/t30?,31-,33-,34-,37-,38+/m0/s1. The number of hydrogen-bond acceptors (Lipinski definition) is 2. The molecule has 0 amide bonds. The minimum Gasteiger partial charge on any atom is -0.426 e. The van der Waals surface area contributed by atoms with Gasteiger partial charge in [0.1, 0.15) is 5.76 Å². The molecule has 0 N–H and O–H groups in total. The Balaban J connectivity index is 1.37. The number of carbonyl (C=O) groups excluding carboxylic acids is 1. The highest BCUT2D eigenvalue weighted by Crippen LogP contribution is 2.67. The summed E-state index contributed by atoms with van der Waals surface area (Å²) in [7, 11) is 0. The van der Waals surface area contributed by atoms with E-state index in [2.05, 4.69) is 57.2 Å². The molecule has 40 heavy (non-hydrogen) atoms. The first-order valence-corrected chi connectivity index (χ1v) is 15.7. The molecule has 1 unspecified atom stereocenters. The van der Waals surface area contributed by atoms with Crippen LogP contribution in [0.4, 0.5) is 0 Å². The molecule has 0 spiro atoms. The smallest absolute Gasteiger partial charge is 0.308 e. The van der Waals surface area contributed by atoms with Crippen molar-refractivity contribution in [3.63, 3.8) is 0 Å². The minimum absolute atomic E-state index is 0.195. The lowest BCUT2D eigenvalue weighted by Crippen LogP contribution is -2.52. The quantitative estimate of drug-likeness (QED) is 0.217. The summed E-state index contributed by atoms with van der Waals surface area (Å²) in [5, 5.41) is 0. The average Bonchev–Trinajstić information content (AvgIpc) is 3.31. The van der Waals surface area contributed by atoms with E-state index in [1.54, 1.807) is 0 Å². The SMILES string of the molecule is CC(=O)OC(C=C(C)C1=CC[C@H]2[C@@H]3CCC4CCCC[C@]4(C)[C@H]3CC[C@]12C)=C(c1ccccc1)c1ccccc1. The van der Waals surface area contributed by atoms with Crippen molar-refractivity contribution in [2.24, 2.45) is 34.5 Å². The maximum absolute atomic E-state index is 12.4. The number of hydrogen-bond donors (Lipinski definition) is 0. The van der Waals surface area contributed by atoms with E-state index in [0.717, 1.165) is 40.4 Å². The molecule has 2 nitrogen and oxygen atoms in total. The van der Waals surface area contributed by atoms with Crippen molar-refractivity contribution in [2.75, 3.05) is 0 Å². The van der Waals surface area contributed by atoms with E-state index in [1.807, 2.05) is 36.4 Å². The largest absolute Gasteiger partial charge is 0.426 e. The van der Waals surface area contributed by atoms with E-state index in [-0.39, 0.29) is 11.4 Å². The van der Waals surface area contributed by atoms with E-state index < -0.39 is 0 Å². The number of rotatable bonds is 5. The fourth-order valence-electron chi connectivity index (χ4n) is 9.72. The summed E-state index contributed by atoms with van der Waals surface area (Å²) < 4.78 is 6.02. The molecule has 0 bridgehead atoms. The number of benzene rings is 2. The van der Waals surface area contributed by atoms with Gasteiger partial charge in [0.2, 0.25) is 0 Å². The van der Waals surface area contributed by atoms with Crippen molar-refractivity contribution in [2.45, 2.75) is 85.5 Å². The van der Waals surface area contributed by atoms with Gasteiger partial charge in [0.25, 0.3) is 0 Å². The summed E-state index contributed by atoms with van der Waals surface area (Å²) in [5.41, 5.74) is 6.54. The third kappa shape index (κ3) is 4.72. The average molecular weight is 535 g/mol. The fourth-order valence-corrected chi connectivity index (χ4v) is 9.72. The molecule has 2 aromatic rings. The van der Waals surface area contributed by atoms with Crippen LogP contribution in [0, 0.1) is 34.5 Å². The lowest BCUT2D eigenvalue weighted by atomic mass is 9.45. The van der Waals surface area contributed by atoms with Crippen molar-refractivity contribution in [3.8, 4) is 0 Å². The van der Waals surface area contributed by atoms with Gasteiger partial charge >= 0.3 is 5.97 Å². The summed E-state index contributed by atoms with van der Waals surface area (Å²) >= 11 is 0. The first-order chi connectivity index (χ1) is 19.3. The molecule has 2 heteroatoms. The van der Waals surface area contributed by atoms with Crippen LogP contribution in [0.3, 0.4) is 0 Å². The number of carbonyl (C=O) groups is 1. The molecular weight excluding hydrogens is 488 g/mol. The Hall–Kier alpha value is -2.87. The monoisotopic (exact) mass is 534 g/mol. The van der Waals surface area contributed by atoms with Crippen LogP contribution in [0.15, 0.2) is 89.7 Å². The van der Waals surface area contributed by atoms with Crippen LogP contribution in [0.1, 0.15) is 96.6 Å². The second-order valence-electron chi connectivity index (χ2n) is 13.6. The maximum atomic E-state index is 12.4. The van der Waals surface area contributed by atoms with Gasteiger partial charge in [-0.2, -0.15) is 0 Å². The highest BCUT2D eigenvalue weighted by molar-refractivity contribution is 5.84. The van der Waals surface area contributed by atoms with Crippen molar-refractivity contribution >= 4 is 11.5 Å². The number of ether oxygens (including phenoxy) is 1. The second kappa shape index (κ2) is 10.8. The van der Waals surface area contributed by atoms with Crippen LogP contribution in [0.2, 0.25) is 0 Å². The van der Waals surface area contributed by atoms with Gasteiger partial charge in [-0.1, -0.05) is 93.4 Å². The van der Waals surface area contributed by atoms with Gasteiger partial charge in [0.15, 0.2) is 0 Å². The molecule has 0 aliphatic heterocycles. The molecule has 6 rings (SSSR count). The molecule has 3 fully saturated rings. The van der Waals surface area contributed by atoms with Crippen LogP contribution in [-0.2, 0) is 9.53 Å². The molecular formula is C38H46O2. The van der Waals surface area contributed by atoms with Gasteiger partial charge in [-0.25, -0.2) is 0 Å². The first kappa shape index (κ1) is 27.3. The van der Waals surface area contributed by atoms with Gasteiger partial charge in [-0.15, -0.1) is 0 Å². The van der Waals surface area contributed by atoms with Crippen molar-refractivity contribution in [1.82, 2.24) is 0 Å². The lowest BCUT2D eigenvalue weighted by Gasteiger charge is -2.60. The highest BCUT2D eigenvalue weighted by Gasteiger charge is 2.57. The number of fused-ring (bicyclic) bond motifs is 5. The van der Waals surface area contributed by atoms with E-state index in [4.69, 9.17) is 4.74 Å². The first-order valence-electron chi connectivity index (χ1n) is 15.7. The molecule has 2 aromatic carbocycles. The van der Waals surface area contributed by atoms with E-state index in [9.17, 15) is 4.79 Å². The van der Waals surface area contributed by atoms with Crippen LogP contribution in [-0.4, -0.2) is 5.97 Å². The molecule has 0 heterocycles. The normalized spacial score (nSPS) is 33.2. The summed E-state index contributed by atoms with van der Waals surface area (Å²) in [6.07, 6.45) is 17.2. The highest BCUT2D eigenvalue weighted by atomic mass is 16.5. The lowest BCUT2D eigenvalue weighted by molar-refractivity contribution is -0.136. The Morgan fingerprint density at radius 3 is 2.15 bits per heavy atom. The zero-order chi connectivity index (χ0) is 27.9. The van der Waals surface area contributed by atoms with Gasteiger partial charge in [-0.3, -0.25) is 4.79 Å². The fraction of sp³-hybridized carbons (Fsp3) is 0.500. The molecule has 4 aliphatic rings. The second-order valence-corrected chi connectivity index (χ2v) is 13.6.